The molecule has 1 fully saturated rings. The van der Waals surface area contributed by atoms with Crippen molar-refractivity contribution in [2.75, 3.05) is 18.6 Å². The first-order valence-electron chi connectivity index (χ1n) is 12.0. The van der Waals surface area contributed by atoms with Gasteiger partial charge in [0.1, 0.15) is 17.1 Å². The number of anilines is 1. The fourth-order valence-corrected chi connectivity index (χ4v) is 5.39. The van der Waals surface area contributed by atoms with Crippen LogP contribution in [0.15, 0.2) is 65.7 Å². The maximum atomic E-state index is 14.4. The Kier molecular flexibility index (Phi) is 6.43. The number of fused-ring (bicyclic) bond motifs is 1. The highest BCUT2D eigenvalue weighted by atomic mass is 19.4. The van der Waals surface area contributed by atoms with Crippen LogP contribution in [0.4, 0.5) is 23.2 Å². The molecule has 5 rings (SSSR count). The van der Waals surface area contributed by atoms with Crippen LogP contribution in [0, 0.1) is 5.82 Å². The Morgan fingerprint density at radius 1 is 1.11 bits per heavy atom. The minimum Gasteiger partial charge on any atom is -0.494 e. The highest BCUT2D eigenvalue weighted by Gasteiger charge is 2.34. The zero-order valence-corrected chi connectivity index (χ0v) is 20.4. The molecule has 3 heterocycles. The summed E-state index contributed by atoms with van der Waals surface area (Å²) in [7, 11) is 1.47. The molecular weight excluding hydrogens is 488 g/mol. The zero-order chi connectivity index (χ0) is 26.3. The van der Waals surface area contributed by atoms with Gasteiger partial charge in [-0.2, -0.15) is 13.2 Å². The summed E-state index contributed by atoms with van der Waals surface area (Å²) in [4.78, 5) is 19.8. The molecule has 1 aliphatic rings. The van der Waals surface area contributed by atoms with Crippen LogP contribution in [-0.4, -0.2) is 33.8 Å². The van der Waals surface area contributed by atoms with Crippen LogP contribution in [0.3, 0.4) is 0 Å². The summed E-state index contributed by atoms with van der Waals surface area (Å²) in [5.74, 6) is 0.0443. The minimum absolute atomic E-state index is 0.00250. The first-order chi connectivity index (χ1) is 17.7. The molecule has 0 spiro atoms. The fourth-order valence-electron chi connectivity index (χ4n) is 5.39. The van der Waals surface area contributed by atoms with Gasteiger partial charge in [-0.25, -0.2) is 9.18 Å². The van der Waals surface area contributed by atoms with Gasteiger partial charge in [0, 0.05) is 24.8 Å². The molecule has 37 heavy (non-hydrogen) atoms. The zero-order valence-electron chi connectivity index (χ0n) is 20.4. The van der Waals surface area contributed by atoms with E-state index in [1.54, 1.807) is 22.8 Å². The number of ether oxygens (including phenoxy) is 1. The van der Waals surface area contributed by atoms with E-state index in [-0.39, 0.29) is 30.0 Å². The predicted octanol–water partition coefficient (Wildman–Crippen LogP) is 5.64. The van der Waals surface area contributed by atoms with Crippen LogP contribution in [-0.2, 0) is 12.7 Å². The second-order valence-corrected chi connectivity index (χ2v) is 9.27. The molecule has 0 bridgehead atoms. The van der Waals surface area contributed by atoms with Gasteiger partial charge in [-0.15, -0.1) is 0 Å². The van der Waals surface area contributed by atoms with E-state index in [9.17, 15) is 22.4 Å². The van der Waals surface area contributed by atoms with Crippen molar-refractivity contribution in [2.45, 2.75) is 44.6 Å². The highest BCUT2D eigenvalue weighted by molar-refractivity contribution is 5.83. The fraction of sp³-hybridized carbons (Fsp3) is 0.333. The van der Waals surface area contributed by atoms with Gasteiger partial charge in [0.25, 0.3) is 0 Å². The number of alkyl halides is 3. The number of imidazole rings is 1. The lowest BCUT2D eigenvalue weighted by atomic mass is 9.97. The molecule has 10 heteroatoms. The van der Waals surface area contributed by atoms with Crippen molar-refractivity contribution in [2.24, 2.45) is 0 Å². The van der Waals surface area contributed by atoms with Gasteiger partial charge in [-0.3, -0.25) is 14.1 Å². The van der Waals surface area contributed by atoms with Crippen molar-refractivity contribution in [3.63, 3.8) is 0 Å². The van der Waals surface area contributed by atoms with Gasteiger partial charge in [0.2, 0.25) is 0 Å². The second kappa shape index (κ2) is 9.57. The highest BCUT2D eigenvalue weighted by Crippen LogP contribution is 2.36. The molecule has 2 unspecified atom stereocenters. The topological polar surface area (TPSA) is 52.3 Å². The van der Waals surface area contributed by atoms with Crippen LogP contribution in [0.1, 0.15) is 36.9 Å². The summed E-state index contributed by atoms with van der Waals surface area (Å²) in [5.41, 5.74) is 0.256. The van der Waals surface area contributed by atoms with Crippen molar-refractivity contribution in [3.05, 3.63) is 88.4 Å². The summed E-state index contributed by atoms with van der Waals surface area (Å²) in [6.45, 7) is 2.20. The average molecular weight is 515 g/mol. The Balaban J connectivity index is 1.57. The Morgan fingerprint density at radius 2 is 1.89 bits per heavy atom. The number of pyridine rings is 1. The lowest BCUT2D eigenvalue weighted by molar-refractivity contribution is -0.138. The Hall–Kier alpha value is -3.82. The van der Waals surface area contributed by atoms with E-state index < -0.39 is 17.4 Å². The monoisotopic (exact) mass is 514 g/mol. The molecule has 1 saturated heterocycles. The van der Waals surface area contributed by atoms with Gasteiger partial charge >= 0.3 is 11.9 Å². The summed E-state index contributed by atoms with van der Waals surface area (Å²) in [5, 5.41) is 0. The van der Waals surface area contributed by atoms with Crippen LogP contribution < -0.4 is 15.3 Å². The maximum Gasteiger partial charge on any atom is 0.416 e. The number of para-hydroxylation sites is 1. The van der Waals surface area contributed by atoms with E-state index in [2.05, 4.69) is 4.98 Å². The number of halogens is 4. The summed E-state index contributed by atoms with van der Waals surface area (Å²) in [6, 6.07) is 11.5. The first kappa shape index (κ1) is 24.9. The van der Waals surface area contributed by atoms with Gasteiger partial charge in [0.05, 0.1) is 36.6 Å². The van der Waals surface area contributed by atoms with Gasteiger partial charge < -0.3 is 9.64 Å². The number of nitrogens with zero attached hydrogens (tertiary/aromatic N) is 4. The van der Waals surface area contributed by atoms with E-state index in [1.165, 1.54) is 48.3 Å². The van der Waals surface area contributed by atoms with Crippen LogP contribution in [0.2, 0.25) is 0 Å². The summed E-state index contributed by atoms with van der Waals surface area (Å²) in [6.07, 6.45) is -0.563. The molecular formula is C27H26F4N4O2. The molecule has 0 N–H and O–H groups in total. The molecule has 2 aromatic heterocycles. The third-order valence-electron chi connectivity index (χ3n) is 7.09. The number of benzene rings is 2. The van der Waals surface area contributed by atoms with E-state index in [1.807, 2.05) is 11.8 Å². The van der Waals surface area contributed by atoms with Crippen LogP contribution in [0.5, 0.6) is 5.75 Å². The lowest BCUT2D eigenvalue weighted by Crippen LogP contribution is -2.43. The summed E-state index contributed by atoms with van der Waals surface area (Å²) >= 11 is 0. The van der Waals surface area contributed by atoms with Crippen molar-refractivity contribution in [1.82, 2.24) is 14.1 Å². The Morgan fingerprint density at radius 3 is 2.59 bits per heavy atom. The molecule has 0 radical (unpaired) electrons. The van der Waals surface area contributed by atoms with E-state index in [4.69, 9.17) is 4.74 Å². The smallest absolute Gasteiger partial charge is 0.416 e. The largest absolute Gasteiger partial charge is 0.494 e. The molecule has 1 aliphatic heterocycles. The second-order valence-electron chi connectivity index (χ2n) is 9.27. The first-order valence-corrected chi connectivity index (χ1v) is 12.0. The molecule has 4 aromatic rings. The predicted molar refractivity (Wildman–Crippen MR) is 133 cm³/mol. The van der Waals surface area contributed by atoms with Crippen molar-refractivity contribution in [3.8, 4) is 5.75 Å². The quantitative estimate of drug-likeness (QED) is 0.324. The third-order valence-corrected chi connectivity index (χ3v) is 7.09. The SMILES string of the molecule is COc1cccc2c1n(Cc1ccccc1C(F)(F)F)c(=O)n2C1CCN(c2cnccc2F)C(C)C1. The van der Waals surface area contributed by atoms with E-state index in [0.29, 0.717) is 41.9 Å². The number of rotatable bonds is 5. The van der Waals surface area contributed by atoms with Crippen molar-refractivity contribution in [1.29, 1.82) is 0 Å². The standard InChI is InChI=1S/C27H26F4N4O2/c1-17-14-19(11-13-33(17)23-15-32-12-10-21(23)28)35-22-8-5-9-24(37-2)25(22)34(26(35)36)16-18-6-3-4-7-20(18)27(29,30)31/h3-10,12,15,17,19H,11,13-14,16H2,1-2H3. The minimum atomic E-state index is -4.55. The number of aromatic nitrogens is 3. The normalized spacial score (nSPS) is 18.4. The molecule has 6 nitrogen and oxygen atoms in total. The number of hydrogen-bond acceptors (Lipinski definition) is 4. The van der Waals surface area contributed by atoms with Gasteiger partial charge in [0.15, 0.2) is 0 Å². The number of piperidine rings is 1. The summed E-state index contributed by atoms with van der Waals surface area (Å²) < 4.78 is 64.1. The van der Waals surface area contributed by atoms with Gasteiger partial charge in [-0.05, 0) is 49.6 Å². The maximum absolute atomic E-state index is 14.4. The van der Waals surface area contributed by atoms with Crippen LogP contribution in [0.25, 0.3) is 11.0 Å². The molecule has 0 aliphatic carbocycles. The Bertz CT molecular complexity index is 1490. The third kappa shape index (κ3) is 4.45. The number of hydrogen-bond donors (Lipinski definition) is 0. The molecule has 0 saturated carbocycles. The van der Waals surface area contributed by atoms with Crippen molar-refractivity contribution >= 4 is 16.7 Å². The van der Waals surface area contributed by atoms with E-state index in [0.717, 1.165) is 6.07 Å². The van der Waals surface area contributed by atoms with Gasteiger partial charge in [-0.1, -0.05) is 24.3 Å². The molecule has 2 atom stereocenters. The lowest BCUT2D eigenvalue weighted by Gasteiger charge is -2.39. The van der Waals surface area contributed by atoms with Crippen LogP contribution >= 0.6 is 0 Å². The molecule has 194 valence electrons. The number of methoxy groups -OCH3 is 1. The van der Waals surface area contributed by atoms with E-state index >= 15 is 0 Å². The van der Waals surface area contributed by atoms with Crippen molar-refractivity contribution < 1.29 is 22.3 Å². The Labute approximate surface area is 210 Å². The average Bonchev–Trinajstić information content (AvgIpc) is 3.15. The molecule has 2 aromatic carbocycles. The molecule has 0 amide bonds.